The maximum Gasteiger partial charge on any atom is 0.221 e. The van der Waals surface area contributed by atoms with Gasteiger partial charge in [0.1, 0.15) is 0 Å². The number of hydrogen-bond donors (Lipinski definition) is 2. The summed E-state index contributed by atoms with van der Waals surface area (Å²) < 4.78 is 6.31. The fraction of sp³-hybridized carbons (Fsp3) is 0.909. The Labute approximate surface area is 228 Å². The minimum atomic E-state index is 0.0515. The van der Waals surface area contributed by atoms with E-state index in [4.69, 9.17) is 10.5 Å². The second kappa shape index (κ2) is 12.5. The largest absolute Gasteiger partial charge is 0.378 e. The molecule has 0 bridgehead atoms. The van der Waals surface area contributed by atoms with E-state index < -0.39 is 0 Å². The Balaban J connectivity index is 1.31. The van der Waals surface area contributed by atoms with Crippen LogP contribution in [0.4, 0.5) is 0 Å². The van der Waals surface area contributed by atoms with Gasteiger partial charge < -0.3 is 15.8 Å². The van der Waals surface area contributed by atoms with Gasteiger partial charge in [-0.3, -0.25) is 4.79 Å². The van der Waals surface area contributed by atoms with Gasteiger partial charge in [0.25, 0.3) is 0 Å². The average Bonchev–Trinajstić information content (AvgIpc) is 3.21. The average molecular weight is 515 g/mol. The Kier molecular flexibility index (Phi) is 9.87. The number of fused-ring (bicyclic) bond motifs is 5. The number of carbonyl (C=O) groups is 1. The van der Waals surface area contributed by atoms with Gasteiger partial charge in [-0.1, -0.05) is 65.5 Å². The first-order chi connectivity index (χ1) is 17.7. The molecule has 0 saturated heterocycles. The molecule has 4 heteroatoms. The quantitative estimate of drug-likeness (QED) is 0.213. The van der Waals surface area contributed by atoms with Crippen molar-refractivity contribution >= 4 is 5.91 Å². The third-order valence-corrected chi connectivity index (χ3v) is 11.6. The van der Waals surface area contributed by atoms with E-state index in [2.05, 4.69) is 46.0 Å². The van der Waals surface area contributed by atoms with Crippen molar-refractivity contribution in [2.24, 2.45) is 52.1 Å². The molecule has 4 aliphatic carbocycles. The Morgan fingerprint density at radius 3 is 2.65 bits per heavy atom. The van der Waals surface area contributed by atoms with E-state index >= 15 is 0 Å². The molecule has 4 nitrogen and oxygen atoms in total. The van der Waals surface area contributed by atoms with E-state index in [9.17, 15) is 4.79 Å². The summed E-state index contributed by atoms with van der Waals surface area (Å²) in [7, 11) is 0. The van der Waals surface area contributed by atoms with Crippen LogP contribution >= 0.6 is 0 Å². The van der Waals surface area contributed by atoms with Crippen molar-refractivity contribution in [2.75, 3.05) is 19.7 Å². The summed E-state index contributed by atoms with van der Waals surface area (Å²) in [4.78, 5) is 11.6. The first kappa shape index (κ1) is 29.1. The topological polar surface area (TPSA) is 64.3 Å². The Bertz CT molecular complexity index is 793. The Hall–Kier alpha value is -0.870. The second-order valence-corrected chi connectivity index (χ2v) is 14.3. The molecule has 1 unspecified atom stereocenters. The lowest BCUT2D eigenvalue weighted by atomic mass is 9.47. The zero-order valence-electron chi connectivity index (χ0n) is 24.8. The maximum atomic E-state index is 11.6. The van der Waals surface area contributed by atoms with Gasteiger partial charge in [0.2, 0.25) is 5.91 Å². The molecule has 0 spiro atoms. The molecule has 3 N–H and O–H groups in total. The van der Waals surface area contributed by atoms with Gasteiger partial charge in [0, 0.05) is 26.1 Å². The van der Waals surface area contributed by atoms with Crippen molar-refractivity contribution < 1.29 is 9.53 Å². The number of nitrogens with two attached hydrogens (primary N) is 1. The van der Waals surface area contributed by atoms with Crippen molar-refractivity contribution in [3.8, 4) is 0 Å². The van der Waals surface area contributed by atoms with Gasteiger partial charge in [-0.2, -0.15) is 0 Å². The molecule has 212 valence electrons. The smallest absolute Gasteiger partial charge is 0.221 e. The third-order valence-electron chi connectivity index (χ3n) is 11.6. The standard InChI is InChI=1S/C33H58N2O2/c1-23(2)8-6-9-24(3)28-12-13-29-27-11-10-25-22-26(37-21-7-20-35-31(36)16-19-34)14-17-32(25,4)30(27)15-18-33(28,29)5/h10,23-24,26-30H,6-9,11-22,34H2,1-5H3,(H,35,36)/t24-,26?,27+,28-,29+,30+,32+,33-/m1/s1. The number of rotatable bonds is 12. The predicted molar refractivity (Wildman–Crippen MR) is 154 cm³/mol. The fourth-order valence-electron chi connectivity index (χ4n) is 9.56. The van der Waals surface area contributed by atoms with Crippen molar-refractivity contribution in [1.29, 1.82) is 0 Å². The fourth-order valence-corrected chi connectivity index (χ4v) is 9.56. The molecule has 1 amide bonds. The van der Waals surface area contributed by atoms with E-state index in [-0.39, 0.29) is 5.91 Å². The van der Waals surface area contributed by atoms with Crippen LogP contribution in [0.25, 0.3) is 0 Å². The monoisotopic (exact) mass is 514 g/mol. The minimum Gasteiger partial charge on any atom is -0.378 e. The SMILES string of the molecule is CC(C)CCC[C@@H](C)[C@H]1CC[C@H]2[C@@H]3CC=C4CC(OCCCNC(=O)CCN)CC[C@]4(C)[C@H]3CC[C@]12C. The van der Waals surface area contributed by atoms with Crippen molar-refractivity contribution in [1.82, 2.24) is 5.32 Å². The van der Waals surface area contributed by atoms with E-state index in [0.29, 0.717) is 36.4 Å². The van der Waals surface area contributed by atoms with Crippen LogP contribution in [-0.4, -0.2) is 31.7 Å². The molecule has 0 aromatic carbocycles. The highest BCUT2D eigenvalue weighted by Crippen LogP contribution is 2.67. The van der Waals surface area contributed by atoms with E-state index in [1.165, 1.54) is 64.2 Å². The van der Waals surface area contributed by atoms with Crippen LogP contribution in [0.1, 0.15) is 118 Å². The van der Waals surface area contributed by atoms with Crippen LogP contribution in [0.15, 0.2) is 11.6 Å². The van der Waals surface area contributed by atoms with E-state index in [1.54, 1.807) is 5.57 Å². The van der Waals surface area contributed by atoms with Gasteiger partial charge in [-0.15, -0.1) is 0 Å². The van der Waals surface area contributed by atoms with Gasteiger partial charge in [0.05, 0.1) is 6.10 Å². The Morgan fingerprint density at radius 2 is 1.89 bits per heavy atom. The molecule has 0 heterocycles. The molecule has 0 aromatic heterocycles. The summed E-state index contributed by atoms with van der Waals surface area (Å²) in [5, 5.41) is 2.94. The van der Waals surface area contributed by atoms with Crippen LogP contribution in [0.3, 0.4) is 0 Å². The highest BCUT2D eigenvalue weighted by atomic mass is 16.5. The minimum absolute atomic E-state index is 0.0515. The van der Waals surface area contributed by atoms with Crippen molar-refractivity contribution in [3.63, 3.8) is 0 Å². The number of amides is 1. The van der Waals surface area contributed by atoms with Crippen LogP contribution in [0, 0.1) is 46.3 Å². The van der Waals surface area contributed by atoms with Gasteiger partial charge in [0.15, 0.2) is 0 Å². The predicted octanol–water partition coefficient (Wildman–Crippen LogP) is 7.27. The van der Waals surface area contributed by atoms with Crippen LogP contribution < -0.4 is 11.1 Å². The summed E-state index contributed by atoms with van der Waals surface area (Å²) in [6.45, 7) is 14.5. The number of carbonyl (C=O) groups excluding carboxylic acids is 1. The molecular weight excluding hydrogens is 456 g/mol. The highest BCUT2D eigenvalue weighted by Gasteiger charge is 2.59. The lowest BCUT2D eigenvalue weighted by Gasteiger charge is -2.58. The normalized spacial score (nSPS) is 37.9. The first-order valence-electron chi connectivity index (χ1n) is 16.0. The summed E-state index contributed by atoms with van der Waals surface area (Å²) >= 11 is 0. The van der Waals surface area contributed by atoms with Gasteiger partial charge in [-0.05, 0) is 104 Å². The highest BCUT2D eigenvalue weighted by molar-refractivity contribution is 5.75. The van der Waals surface area contributed by atoms with Crippen LogP contribution in [0.2, 0.25) is 0 Å². The molecule has 37 heavy (non-hydrogen) atoms. The molecule has 0 aliphatic heterocycles. The van der Waals surface area contributed by atoms with E-state index in [0.717, 1.165) is 55.0 Å². The van der Waals surface area contributed by atoms with Gasteiger partial charge in [-0.25, -0.2) is 0 Å². The van der Waals surface area contributed by atoms with Crippen LogP contribution in [0.5, 0.6) is 0 Å². The van der Waals surface area contributed by atoms with E-state index in [1.807, 2.05) is 0 Å². The number of hydrogen-bond acceptors (Lipinski definition) is 3. The lowest BCUT2D eigenvalue weighted by molar-refractivity contribution is -0.120. The summed E-state index contributed by atoms with van der Waals surface area (Å²) in [6.07, 6.45) is 19.3. The Morgan fingerprint density at radius 1 is 1.08 bits per heavy atom. The zero-order chi connectivity index (χ0) is 26.6. The molecule has 0 aromatic rings. The third kappa shape index (κ3) is 6.32. The number of allylic oxidation sites excluding steroid dienone is 1. The maximum absolute atomic E-state index is 11.6. The second-order valence-electron chi connectivity index (χ2n) is 14.3. The summed E-state index contributed by atoms with van der Waals surface area (Å²) in [5.41, 5.74) is 8.11. The lowest BCUT2D eigenvalue weighted by Crippen LogP contribution is -2.51. The van der Waals surface area contributed by atoms with Crippen molar-refractivity contribution in [3.05, 3.63) is 11.6 Å². The van der Waals surface area contributed by atoms with Crippen LogP contribution in [-0.2, 0) is 9.53 Å². The summed E-state index contributed by atoms with van der Waals surface area (Å²) in [6, 6.07) is 0. The molecule has 3 saturated carbocycles. The molecule has 4 rings (SSSR count). The number of nitrogens with one attached hydrogen (secondary N) is 1. The molecule has 3 fully saturated rings. The molecule has 4 aliphatic rings. The van der Waals surface area contributed by atoms with Gasteiger partial charge >= 0.3 is 0 Å². The first-order valence-corrected chi connectivity index (χ1v) is 16.0. The molecule has 0 radical (unpaired) electrons. The zero-order valence-corrected chi connectivity index (χ0v) is 24.8. The molecule has 8 atom stereocenters. The van der Waals surface area contributed by atoms with Crippen molar-refractivity contribution in [2.45, 2.75) is 124 Å². The molecular formula is C33H58N2O2. The summed E-state index contributed by atoms with van der Waals surface area (Å²) in [5.74, 6) is 5.42. The number of ether oxygens (including phenoxy) is 1.